The van der Waals surface area contributed by atoms with Crippen LogP contribution in [0.3, 0.4) is 0 Å². The molecule has 1 unspecified atom stereocenters. The number of likely N-dealkylation sites (tertiary alicyclic amines) is 1. The van der Waals surface area contributed by atoms with E-state index in [0.717, 1.165) is 12.8 Å². The zero-order valence-corrected chi connectivity index (χ0v) is 15.4. The van der Waals surface area contributed by atoms with E-state index < -0.39 is 17.7 Å². The standard InChI is InChI=1S/C19H25N3O4/c1-19(2,3)26-18(24)22-11-5-4-9-16(22)17(23)21-14-7-6-8-15(13-14)25-12-10-20/h6-8,13,16H,4-5,9,11-12H2,1-3H3,(H,21,23). The van der Waals surface area contributed by atoms with Crippen molar-refractivity contribution in [2.45, 2.75) is 51.7 Å². The van der Waals surface area contributed by atoms with Crippen molar-refractivity contribution in [3.63, 3.8) is 0 Å². The Hall–Kier alpha value is -2.75. The van der Waals surface area contributed by atoms with Crippen molar-refractivity contribution >= 4 is 17.7 Å². The quantitative estimate of drug-likeness (QED) is 0.890. The number of nitrogens with zero attached hydrogens (tertiary/aromatic N) is 2. The van der Waals surface area contributed by atoms with Crippen LogP contribution in [0.25, 0.3) is 0 Å². The molecule has 1 atom stereocenters. The Morgan fingerprint density at radius 3 is 2.81 bits per heavy atom. The minimum absolute atomic E-state index is 0.0630. The first kappa shape index (κ1) is 19.6. The molecule has 0 spiro atoms. The first-order valence-electron chi connectivity index (χ1n) is 8.70. The van der Waals surface area contributed by atoms with Gasteiger partial charge in [-0.1, -0.05) is 6.07 Å². The predicted octanol–water partition coefficient (Wildman–Crippen LogP) is 3.32. The number of hydrogen-bond donors (Lipinski definition) is 1. The highest BCUT2D eigenvalue weighted by atomic mass is 16.6. The SMILES string of the molecule is CC(C)(C)OC(=O)N1CCCCC1C(=O)Nc1cccc(OCC#N)c1. The normalized spacial score (nSPS) is 17.2. The van der Waals surface area contributed by atoms with Crippen molar-refractivity contribution in [2.24, 2.45) is 0 Å². The van der Waals surface area contributed by atoms with Gasteiger partial charge in [0.1, 0.15) is 23.5 Å². The topological polar surface area (TPSA) is 91.7 Å². The number of nitrogens with one attached hydrogen (secondary N) is 1. The van der Waals surface area contributed by atoms with Crippen molar-refractivity contribution in [1.29, 1.82) is 5.26 Å². The number of carbonyl (C=O) groups is 2. The molecule has 0 bridgehead atoms. The van der Waals surface area contributed by atoms with Crippen molar-refractivity contribution in [3.8, 4) is 11.8 Å². The van der Waals surface area contributed by atoms with Gasteiger partial charge in [-0.15, -0.1) is 0 Å². The summed E-state index contributed by atoms with van der Waals surface area (Å²) >= 11 is 0. The van der Waals surface area contributed by atoms with E-state index in [0.29, 0.717) is 24.4 Å². The molecule has 7 heteroatoms. The first-order valence-corrected chi connectivity index (χ1v) is 8.70. The lowest BCUT2D eigenvalue weighted by molar-refractivity contribution is -0.122. The number of hydrogen-bond acceptors (Lipinski definition) is 5. The van der Waals surface area contributed by atoms with Gasteiger partial charge < -0.3 is 14.8 Å². The average Bonchev–Trinajstić information content (AvgIpc) is 2.59. The number of benzene rings is 1. The van der Waals surface area contributed by atoms with E-state index >= 15 is 0 Å². The van der Waals surface area contributed by atoms with E-state index in [4.69, 9.17) is 14.7 Å². The first-order chi connectivity index (χ1) is 12.3. The Kier molecular flexibility index (Phi) is 6.45. The molecule has 1 N–H and O–H groups in total. The molecule has 0 radical (unpaired) electrons. The third kappa shape index (κ3) is 5.66. The zero-order valence-electron chi connectivity index (χ0n) is 15.4. The summed E-state index contributed by atoms with van der Waals surface area (Å²) in [4.78, 5) is 26.6. The smallest absolute Gasteiger partial charge is 0.410 e. The highest BCUT2D eigenvalue weighted by Gasteiger charge is 2.34. The van der Waals surface area contributed by atoms with Gasteiger partial charge in [-0.05, 0) is 52.2 Å². The molecule has 1 fully saturated rings. The number of ether oxygens (including phenoxy) is 2. The second-order valence-electron chi connectivity index (χ2n) is 7.15. The van der Waals surface area contributed by atoms with Crippen molar-refractivity contribution < 1.29 is 19.1 Å². The fraction of sp³-hybridized carbons (Fsp3) is 0.526. The minimum atomic E-state index is -0.609. The summed E-state index contributed by atoms with van der Waals surface area (Å²) in [6, 6.07) is 8.15. The Labute approximate surface area is 153 Å². The van der Waals surface area contributed by atoms with Crippen LogP contribution in [0.4, 0.5) is 10.5 Å². The monoisotopic (exact) mass is 359 g/mol. The molecule has 1 aliphatic rings. The Bertz CT molecular complexity index is 691. The molecule has 7 nitrogen and oxygen atoms in total. The van der Waals surface area contributed by atoms with E-state index in [9.17, 15) is 9.59 Å². The molecule has 1 aromatic carbocycles. The van der Waals surface area contributed by atoms with E-state index in [2.05, 4.69) is 5.32 Å². The van der Waals surface area contributed by atoms with Gasteiger partial charge in [0.15, 0.2) is 6.61 Å². The second kappa shape index (κ2) is 8.56. The minimum Gasteiger partial charge on any atom is -0.479 e. The van der Waals surface area contributed by atoms with Crippen LogP contribution in [0.5, 0.6) is 5.75 Å². The molecule has 0 aromatic heterocycles. The van der Waals surface area contributed by atoms with E-state index in [1.54, 1.807) is 45.0 Å². The average molecular weight is 359 g/mol. The molecule has 2 rings (SSSR count). The third-order valence-corrected chi connectivity index (χ3v) is 3.84. The maximum atomic E-state index is 12.7. The lowest BCUT2D eigenvalue weighted by atomic mass is 10.0. The number of carbonyl (C=O) groups excluding carboxylic acids is 2. The summed E-state index contributed by atoms with van der Waals surface area (Å²) in [7, 11) is 0. The predicted molar refractivity (Wildman–Crippen MR) is 96.8 cm³/mol. The second-order valence-corrected chi connectivity index (χ2v) is 7.15. The van der Waals surface area contributed by atoms with Gasteiger partial charge in [-0.2, -0.15) is 5.26 Å². The molecule has 140 valence electrons. The van der Waals surface area contributed by atoms with Crippen molar-refractivity contribution in [3.05, 3.63) is 24.3 Å². The number of piperidine rings is 1. The van der Waals surface area contributed by atoms with Crippen LogP contribution in [0.15, 0.2) is 24.3 Å². The molecular weight excluding hydrogens is 334 g/mol. The third-order valence-electron chi connectivity index (χ3n) is 3.84. The maximum Gasteiger partial charge on any atom is 0.410 e. The van der Waals surface area contributed by atoms with Crippen LogP contribution >= 0.6 is 0 Å². The molecule has 1 saturated heterocycles. The molecular formula is C19H25N3O4. The Balaban J connectivity index is 2.06. The van der Waals surface area contributed by atoms with Gasteiger partial charge in [-0.3, -0.25) is 9.69 Å². The number of anilines is 1. The van der Waals surface area contributed by atoms with Crippen molar-refractivity contribution in [1.82, 2.24) is 4.90 Å². The summed E-state index contributed by atoms with van der Waals surface area (Å²) in [5, 5.41) is 11.4. The highest BCUT2D eigenvalue weighted by molar-refractivity contribution is 5.96. The highest BCUT2D eigenvalue weighted by Crippen LogP contribution is 2.23. The van der Waals surface area contributed by atoms with Crippen LogP contribution in [-0.2, 0) is 9.53 Å². The summed E-state index contributed by atoms with van der Waals surface area (Å²) in [5.41, 5.74) is -0.0535. The zero-order chi connectivity index (χ0) is 19.2. The van der Waals surface area contributed by atoms with Crippen LogP contribution < -0.4 is 10.1 Å². The van der Waals surface area contributed by atoms with Crippen LogP contribution in [0, 0.1) is 11.3 Å². The van der Waals surface area contributed by atoms with Gasteiger partial charge in [0, 0.05) is 18.3 Å². The van der Waals surface area contributed by atoms with E-state index in [1.165, 1.54) is 4.90 Å². The van der Waals surface area contributed by atoms with Crippen molar-refractivity contribution in [2.75, 3.05) is 18.5 Å². The maximum absolute atomic E-state index is 12.7. The fourth-order valence-electron chi connectivity index (χ4n) is 2.75. The van der Waals surface area contributed by atoms with Gasteiger partial charge in [0.05, 0.1) is 0 Å². The van der Waals surface area contributed by atoms with Gasteiger partial charge in [-0.25, -0.2) is 4.79 Å². The van der Waals surface area contributed by atoms with E-state index in [-0.39, 0.29) is 12.5 Å². The lowest BCUT2D eigenvalue weighted by Crippen LogP contribution is -2.51. The van der Waals surface area contributed by atoms with Crippen LogP contribution in [-0.4, -0.2) is 41.7 Å². The summed E-state index contributed by atoms with van der Waals surface area (Å²) < 4.78 is 10.7. The molecule has 1 aromatic rings. The molecule has 0 aliphatic carbocycles. The largest absolute Gasteiger partial charge is 0.479 e. The van der Waals surface area contributed by atoms with Gasteiger partial charge in [0.25, 0.3) is 0 Å². The molecule has 0 saturated carbocycles. The fourth-order valence-corrected chi connectivity index (χ4v) is 2.75. The van der Waals surface area contributed by atoms with Gasteiger partial charge in [0.2, 0.25) is 5.91 Å². The Morgan fingerprint density at radius 2 is 2.12 bits per heavy atom. The number of amides is 2. The summed E-state index contributed by atoms with van der Waals surface area (Å²) in [5.74, 6) is 0.241. The molecule has 1 aliphatic heterocycles. The van der Waals surface area contributed by atoms with Crippen LogP contribution in [0.1, 0.15) is 40.0 Å². The number of rotatable bonds is 4. The van der Waals surface area contributed by atoms with E-state index in [1.807, 2.05) is 6.07 Å². The lowest BCUT2D eigenvalue weighted by Gasteiger charge is -2.35. The molecule has 26 heavy (non-hydrogen) atoms. The van der Waals surface area contributed by atoms with Gasteiger partial charge >= 0.3 is 6.09 Å². The molecule has 2 amide bonds. The molecule has 1 heterocycles. The summed E-state index contributed by atoms with van der Waals surface area (Å²) in [6.07, 6.45) is 1.85. The summed E-state index contributed by atoms with van der Waals surface area (Å²) in [6.45, 7) is 5.84. The number of nitriles is 1. The van der Waals surface area contributed by atoms with Crippen LogP contribution in [0.2, 0.25) is 0 Å². The Morgan fingerprint density at radius 1 is 1.35 bits per heavy atom.